The molecule has 5 heteroatoms. The van der Waals surface area contributed by atoms with Crippen molar-refractivity contribution in [3.05, 3.63) is 37.0 Å². The van der Waals surface area contributed by atoms with Gasteiger partial charge in [-0.05, 0) is 12.2 Å². The van der Waals surface area contributed by atoms with Crippen molar-refractivity contribution in [3.63, 3.8) is 0 Å². The lowest BCUT2D eigenvalue weighted by atomic mass is 10.3. The summed E-state index contributed by atoms with van der Waals surface area (Å²) in [5, 5.41) is 10.3. The Balaban J connectivity index is 4.19. The topological polar surface area (TPSA) is 83.5 Å². The van der Waals surface area contributed by atoms with E-state index in [1.54, 1.807) is 0 Å². The predicted octanol–water partition coefficient (Wildman–Crippen LogP) is 0.0122. The first-order valence-corrected chi connectivity index (χ1v) is 3.55. The Morgan fingerprint density at radius 3 is 2.14 bits per heavy atom. The number of rotatable bonds is 4. The maximum Gasteiger partial charge on any atom is 0.335 e. The van der Waals surface area contributed by atoms with E-state index in [2.05, 4.69) is 13.2 Å². The minimum atomic E-state index is -1.23. The molecule has 0 heterocycles. The van der Waals surface area contributed by atoms with E-state index in [1.165, 1.54) is 0 Å². The third-order valence-electron chi connectivity index (χ3n) is 1.14. The molecule has 0 aromatic heterocycles. The Labute approximate surface area is 80.4 Å². The second-order valence-corrected chi connectivity index (χ2v) is 2.22. The maximum atomic E-state index is 10.8. The second kappa shape index (κ2) is 5.47. The molecule has 0 bridgehead atoms. The first kappa shape index (κ1) is 11.8. The highest BCUT2D eigenvalue weighted by atomic mass is 16.4. The van der Waals surface area contributed by atoms with Gasteiger partial charge in [-0.3, -0.25) is 14.9 Å². The molecule has 74 valence electrons. The zero-order valence-electron chi connectivity index (χ0n) is 7.32. The molecular formula is C9H9NO4. The number of hydrogen-bond acceptors (Lipinski definition) is 3. The third-order valence-corrected chi connectivity index (χ3v) is 1.14. The molecule has 0 aliphatic carbocycles. The van der Waals surface area contributed by atoms with Crippen LogP contribution in [-0.4, -0.2) is 22.9 Å². The highest BCUT2D eigenvalue weighted by Gasteiger charge is 2.02. The van der Waals surface area contributed by atoms with Crippen LogP contribution in [0.15, 0.2) is 37.0 Å². The maximum absolute atomic E-state index is 10.8. The number of imide groups is 1. The Kier molecular flexibility index (Phi) is 4.62. The third kappa shape index (κ3) is 4.66. The van der Waals surface area contributed by atoms with Crippen LogP contribution in [0.1, 0.15) is 0 Å². The van der Waals surface area contributed by atoms with Crippen LogP contribution in [0, 0.1) is 0 Å². The highest BCUT2D eigenvalue weighted by Crippen LogP contribution is 1.91. The van der Waals surface area contributed by atoms with Gasteiger partial charge in [-0.25, -0.2) is 4.79 Å². The van der Waals surface area contributed by atoms with E-state index in [1.807, 2.05) is 5.32 Å². The summed E-state index contributed by atoms with van der Waals surface area (Å²) < 4.78 is 0. The Bertz CT molecular complexity index is 328. The number of aliphatic carboxylic acids is 1. The van der Waals surface area contributed by atoms with Gasteiger partial charge in [0.05, 0.1) is 5.57 Å². The van der Waals surface area contributed by atoms with Gasteiger partial charge in [0.25, 0.3) is 5.91 Å². The van der Waals surface area contributed by atoms with Crippen LogP contribution in [-0.2, 0) is 14.4 Å². The van der Waals surface area contributed by atoms with Crippen molar-refractivity contribution in [3.8, 4) is 0 Å². The molecule has 0 aliphatic rings. The molecule has 0 atom stereocenters. The minimum Gasteiger partial charge on any atom is -0.478 e. The Morgan fingerprint density at radius 1 is 1.14 bits per heavy atom. The summed E-state index contributed by atoms with van der Waals surface area (Å²) in [5.41, 5.74) is -0.244. The van der Waals surface area contributed by atoms with E-state index in [4.69, 9.17) is 5.11 Å². The van der Waals surface area contributed by atoms with Gasteiger partial charge in [-0.15, -0.1) is 0 Å². The van der Waals surface area contributed by atoms with Gasteiger partial charge in [0.15, 0.2) is 0 Å². The van der Waals surface area contributed by atoms with Gasteiger partial charge >= 0.3 is 5.97 Å². The molecule has 0 unspecified atom stereocenters. The Hall–Kier alpha value is -2.17. The molecule has 2 N–H and O–H groups in total. The molecule has 5 nitrogen and oxygen atoms in total. The number of carboxylic acid groups (broad SMARTS) is 1. The molecule has 14 heavy (non-hydrogen) atoms. The number of hydrogen-bond donors (Lipinski definition) is 2. The highest BCUT2D eigenvalue weighted by molar-refractivity contribution is 6.05. The summed E-state index contributed by atoms with van der Waals surface area (Å²) in [5.74, 6) is -2.61. The van der Waals surface area contributed by atoms with Gasteiger partial charge in [0, 0.05) is 6.08 Å². The van der Waals surface area contributed by atoms with Crippen LogP contribution in [0.3, 0.4) is 0 Å². The van der Waals surface area contributed by atoms with Crippen molar-refractivity contribution in [2.45, 2.75) is 0 Å². The lowest BCUT2D eigenvalue weighted by Gasteiger charge is -1.94. The van der Waals surface area contributed by atoms with Crippen LogP contribution in [0.2, 0.25) is 0 Å². The van der Waals surface area contributed by atoms with Crippen molar-refractivity contribution in [1.29, 1.82) is 0 Å². The lowest BCUT2D eigenvalue weighted by molar-refractivity contribution is -0.132. The molecule has 0 radical (unpaired) electrons. The molecule has 0 spiro atoms. The molecule has 0 saturated carbocycles. The smallest absolute Gasteiger partial charge is 0.335 e. The molecule has 0 aliphatic heterocycles. The average Bonchev–Trinajstić information content (AvgIpc) is 2.13. The van der Waals surface area contributed by atoms with E-state index in [0.29, 0.717) is 0 Å². The number of carbonyl (C=O) groups is 3. The summed E-state index contributed by atoms with van der Waals surface area (Å²) in [4.78, 5) is 31.6. The van der Waals surface area contributed by atoms with Crippen molar-refractivity contribution in [2.75, 3.05) is 0 Å². The zero-order chi connectivity index (χ0) is 11.1. The van der Waals surface area contributed by atoms with Crippen LogP contribution >= 0.6 is 0 Å². The van der Waals surface area contributed by atoms with Gasteiger partial charge in [0.2, 0.25) is 5.91 Å². The fourth-order valence-corrected chi connectivity index (χ4v) is 0.462. The van der Waals surface area contributed by atoms with Gasteiger partial charge in [-0.2, -0.15) is 0 Å². The number of amides is 2. The minimum absolute atomic E-state index is 0.244. The number of carboxylic acids is 1. The van der Waals surface area contributed by atoms with Crippen molar-refractivity contribution in [2.24, 2.45) is 0 Å². The molecule has 0 saturated heterocycles. The largest absolute Gasteiger partial charge is 0.478 e. The fraction of sp³-hybridized carbons (Fsp3) is 0. The SMILES string of the molecule is C=CC(=O)NC(=O)C=CC(=C)C(=O)O. The summed E-state index contributed by atoms with van der Waals surface area (Å²) in [6.07, 6.45) is 2.82. The van der Waals surface area contributed by atoms with E-state index in [0.717, 1.165) is 18.2 Å². The summed E-state index contributed by atoms with van der Waals surface area (Å²) in [6.45, 7) is 6.29. The number of carbonyl (C=O) groups excluding carboxylic acids is 2. The lowest BCUT2D eigenvalue weighted by Crippen LogP contribution is -2.26. The predicted molar refractivity (Wildman–Crippen MR) is 49.3 cm³/mol. The first-order valence-electron chi connectivity index (χ1n) is 3.55. The average molecular weight is 195 g/mol. The second-order valence-electron chi connectivity index (χ2n) is 2.22. The number of nitrogens with one attached hydrogen (secondary N) is 1. The molecule has 0 rings (SSSR count). The first-order chi connectivity index (χ1) is 6.47. The van der Waals surface area contributed by atoms with Gasteiger partial charge in [0.1, 0.15) is 0 Å². The van der Waals surface area contributed by atoms with E-state index < -0.39 is 17.8 Å². The van der Waals surface area contributed by atoms with Crippen LogP contribution < -0.4 is 5.32 Å². The molecular weight excluding hydrogens is 186 g/mol. The quantitative estimate of drug-likeness (QED) is 0.489. The zero-order valence-corrected chi connectivity index (χ0v) is 7.32. The van der Waals surface area contributed by atoms with Gasteiger partial charge in [-0.1, -0.05) is 13.2 Å². The normalized spacial score (nSPS) is 9.43. The van der Waals surface area contributed by atoms with Crippen LogP contribution in [0.25, 0.3) is 0 Å². The van der Waals surface area contributed by atoms with Crippen molar-refractivity contribution in [1.82, 2.24) is 5.32 Å². The fourth-order valence-electron chi connectivity index (χ4n) is 0.462. The molecule has 0 aromatic rings. The van der Waals surface area contributed by atoms with E-state index in [-0.39, 0.29) is 5.57 Å². The van der Waals surface area contributed by atoms with Gasteiger partial charge < -0.3 is 5.11 Å². The molecule has 0 aromatic carbocycles. The summed E-state index contributed by atoms with van der Waals surface area (Å²) >= 11 is 0. The Morgan fingerprint density at radius 2 is 1.71 bits per heavy atom. The summed E-state index contributed by atoms with van der Waals surface area (Å²) in [7, 11) is 0. The van der Waals surface area contributed by atoms with Crippen molar-refractivity contribution >= 4 is 17.8 Å². The van der Waals surface area contributed by atoms with Crippen molar-refractivity contribution < 1.29 is 19.5 Å². The molecule has 2 amide bonds. The van der Waals surface area contributed by atoms with Crippen LogP contribution in [0.5, 0.6) is 0 Å². The van der Waals surface area contributed by atoms with E-state index >= 15 is 0 Å². The van der Waals surface area contributed by atoms with Crippen LogP contribution in [0.4, 0.5) is 0 Å². The molecule has 0 fully saturated rings. The van der Waals surface area contributed by atoms with E-state index in [9.17, 15) is 14.4 Å². The summed E-state index contributed by atoms with van der Waals surface area (Å²) in [6, 6.07) is 0. The standard InChI is InChI=1S/C9H9NO4/c1-3-7(11)10-8(12)5-4-6(2)9(13)14/h3-5H,1-2H2,(H,13,14)(H,10,11,12). The monoisotopic (exact) mass is 195 g/mol.